The monoisotopic (exact) mass is 278 g/mol. The van der Waals surface area contributed by atoms with Crippen molar-refractivity contribution in [3.05, 3.63) is 17.5 Å². The number of hydrogen-bond donors (Lipinski definition) is 1. The van der Waals surface area contributed by atoms with Gasteiger partial charge in [-0.3, -0.25) is 9.58 Å². The summed E-state index contributed by atoms with van der Waals surface area (Å²) in [6, 6.07) is 2.68. The second kappa shape index (κ2) is 6.27. The third-order valence-electron chi connectivity index (χ3n) is 4.82. The van der Waals surface area contributed by atoms with Gasteiger partial charge in [-0.25, -0.2) is 0 Å². The second-order valence-corrected chi connectivity index (χ2v) is 6.49. The summed E-state index contributed by atoms with van der Waals surface area (Å²) in [5, 5.41) is 8.12. The van der Waals surface area contributed by atoms with Crippen molar-refractivity contribution in [1.82, 2.24) is 20.0 Å². The molecule has 1 atom stereocenters. The van der Waals surface area contributed by atoms with E-state index in [1.165, 1.54) is 31.6 Å². The lowest BCUT2D eigenvalue weighted by Crippen LogP contribution is -2.57. The molecule has 4 nitrogen and oxygen atoms in total. The molecule has 1 aliphatic heterocycles. The van der Waals surface area contributed by atoms with Gasteiger partial charge in [-0.1, -0.05) is 0 Å². The molecule has 0 spiro atoms. The van der Waals surface area contributed by atoms with Crippen LogP contribution < -0.4 is 5.32 Å². The van der Waals surface area contributed by atoms with Crippen LogP contribution in [0.5, 0.6) is 0 Å². The van der Waals surface area contributed by atoms with Crippen LogP contribution in [0.2, 0.25) is 0 Å². The highest BCUT2D eigenvalue weighted by Gasteiger charge is 2.36. The number of aromatic nitrogens is 2. The molecule has 0 radical (unpaired) electrons. The fraction of sp³-hybridized carbons (Fsp3) is 0.812. The molecular weight excluding hydrogens is 248 g/mol. The second-order valence-electron chi connectivity index (χ2n) is 6.49. The van der Waals surface area contributed by atoms with E-state index < -0.39 is 0 Å². The number of likely N-dealkylation sites (N-methyl/N-ethyl adjacent to an activating group) is 1. The summed E-state index contributed by atoms with van der Waals surface area (Å²) in [6.07, 6.45) is 3.71. The zero-order valence-electron chi connectivity index (χ0n) is 13.7. The number of likely N-dealkylation sites (tertiary alicyclic amines) is 1. The van der Waals surface area contributed by atoms with Crippen molar-refractivity contribution in [3.8, 4) is 0 Å². The van der Waals surface area contributed by atoms with Crippen molar-refractivity contribution in [2.75, 3.05) is 20.1 Å². The first-order valence-corrected chi connectivity index (χ1v) is 7.94. The highest BCUT2D eigenvalue weighted by molar-refractivity contribution is 5.12. The highest BCUT2D eigenvalue weighted by Crippen LogP contribution is 2.26. The van der Waals surface area contributed by atoms with Crippen LogP contribution in [0.3, 0.4) is 0 Å². The molecule has 1 saturated heterocycles. The van der Waals surface area contributed by atoms with Gasteiger partial charge in [-0.15, -0.1) is 0 Å². The van der Waals surface area contributed by atoms with Gasteiger partial charge in [0.1, 0.15) is 0 Å². The standard InChI is InChI=1S/C16H30N4/c1-6-20-14(11-13(2)18-20)12-15(17-5)16(3,4)19-9-7-8-10-19/h11,15,17H,6-10,12H2,1-5H3. The number of nitrogens with zero attached hydrogens (tertiary/aromatic N) is 3. The van der Waals surface area contributed by atoms with Gasteiger partial charge in [0.2, 0.25) is 0 Å². The largest absolute Gasteiger partial charge is 0.315 e. The van der Waals surface area contributed by atoms with Crippen molar-refractivity contribution < 1.29 is 0 Å². The molecule has 1 aromatic heterocycles. The predicted octanol–water partition coefficient (Wildman–Crippen LogP) is 2.22. The molecule has 1 aromatic rings. The molecule has 1 aliphatic rings. The van der Waals surface area contributed by atoms with Crippen LogP contribution >= 0.6 is 0 Å². The lowest BCUT2D eigenvalue weighted by atomic mass is 9.89. The van der Waals surface area contributed by atoms with Crippen LogP contribution in [0.4, 0.5) is 0 Å². The van der Waals surface area contributed by atoms with Gasteiger partial charge in [-0.2, -0.15) is 5.10 Å². The van der Waals surface area contributed by atoms with E-state index in [0.717, 1.165) is 18.7 Å². The number of rotatable bonds is 6. The predicted molar refractivity (Wildman–Crippen MR) is 84.1 cm³/mol. The van der Waals surface area contributed by atoms with Crippen molar-refractivity contribution in [1.29, 1.82) is 0 Å². The third-order valence-corrected chi connectivity index (χ3v) is 4.82. The molecule has 0 bridgehead atoms. The van der Waals surface area contributed by atoms with Crippen LogP contribution in [0, 0.1) is 6.92 Å². The lowest BCUT2D eigenvalue weighted by Gasteiger charge is -2.42. The Labute approximate surface area is 123 Å². The van der Waals surface area contributed by atoms with Crippen LogP contribution in [-0.2, 0) is 13.0 Å². The molecule has 4 heteroatoms. The minimum absolute atomic E-state index is 0.183. The Morgan fingerprint density at radius 1 is 1.35 bits per heavy atom. The van der Waals surface area contributed by atoms with E-state index in [9.17, 15) is 0 Å². The summed E-state index contributed by atoms with van der Waals surface area (Å²) in [6.45, 7) is 12.4. The molecule has 0 aliphatic carbocycles. The summed E-state index contributed by atoms with van der Waals surface area (Å²) >= 11 is 0. The summed E-state index contributed by atoms with van der Waals surface area (Å²) in [5.74, 6) is 0. The summed E-state index contributed by atoms with van der Waals surface area (Å²) in [5.41, 5.74) is 2.65. The van der Waals surface area contributed by atoms with E-state index in [1.54, 1.807) is 0 Å². The highest BCUT2D eigenvalue weighted by atomic mass is 15.3. The maximum Gasteiger partial charge on any atom is 0.0596 e. The number of aryl methyl sites for hydroxylation is 2. The third kappa shape index (κ3) is 3.07. The van der Waals surface area contributed by atoms with E-state index in [4.69, 9.17) is 0 Å². The first-order valence-electron chi connectivity index (χ1n) is 7.94. The van der Waals surface area contributed by atoms with Crippen molar-refractivity contribution in [2.45, 2.75) is 65.1 Å². The quantitative estimate of drug-likeness (QED) is 0.866. The van der Waals surface area contributed by atoms with Gasteiger partial charge in [0.25, 0.3) is 0 Å². The average Bonchev–Trinajstić information content (AvgIpc) is 3.04. The Kier molecular flexibility index (Phi) is 4.86. The Bertz CT molecular complexity index is 430. The summed E-state index contributed by atoms with van der Waals surface area (Å²) in [7, 11) is 2.09. The Balaban J connectivity index is 2.15. The van der Waals surface area contributed by atoms with E-state index in [-0.39, 0.29) is 5.54 Å². The topological polar surface area (TPSA) is 33.1 Å². The van der Waals surface area contributed by atoms with Crippen LogP contribution in [-0.4, -0.2) is 46.4 Å². The van der Waals surface area contributed by atoms with Crippen molar-refractivity contribution in [3.63, 3.8) is 0 Å². The van der Waals surface area contributed by atoms with Gasteiger partial charge in [-0.05, 0) is 66.7 Å². The molecule has 2 rings (SSSR count). The zero-order valence-corrected chi connectivity index (χ0v) is 13.7. The number of hydrogen-bond acceptors (Lipinski definition) is 3. The zero-order chi connectivity index (χ0) is 14.8. The minimum atomic E-state index is 0.183. The Morgan fingerprint density at radius 3 is 2.55 bits per heavy atom. The SMILES string of the molecule is CCn1nc(C)cc1CC(NC)C(C)(C)N1CCCC1. The molecule has 114 valence electrons. The van der Waals surface area contributed by atoms with E-state index in [2.05, 4.69) is 60.8 Å². The van der Waals surface area contributed by atoms with Crippen molar-refractivity contribution >= 4 is 0 Å². The summed E-state index contributed by atoms with van der Waals surface area (Å²) < 4.78 is 2.14. The van der Waals surface area contributed by atoms with Gasteiger partial charge >= 0.3 is 0 Å². The fourth-order valence-electron chi connectivity index (χ4n) is 3.47. The smallest absolute Gasteiger partial charge is 0.0596 e. The molecule has 1 unspecified atom stereocenters. The van der Waals surface area contributed by atoms with Gasteiger partial charge in [0.15, 0.2) is 0 Å². The van der Waals surface area contributed by atoms with E-state index >= 15 is 0 Å². The molecule has 1 N–H and O–H groups in total. The molecular formula is C16H30N4. The van der Waals surface area contributed by atoms with Crippen LogP contribution in [0.15, 0.2) is 6.07 Å². The molecule has 0 amide bonds. The van der Waals surface area contributed by atoms with Gasteiger partial charge < -0.3 is 5.32 Å². The molecule has 20 heavy (non-hydrogen) atoms. The Hall–Kier alpha value is -0.870. The van der Waals surface area contributed by atoms with Crippen LogP contribution in [0.25, 0.3) is 0 Å². The normalized spacial score (nSPS) is 18.6. The maximum absolute atomic E-state index is 4.57. The number of nitrogens with one attached hydrogen (secondary N) is 1. The van der Waals surface area contributed by atoms with E-state index in [1.807, 2.05) is 0 Å². The molecule has 0 aromatic carbocycles. The Morgan fingerprint density at radius 2 is 2.00 bits per heavy atom. The van der Waals surface area contributed by atoms with Gasteiger partial charge in [0, 0.05) is 30.2 Å². The van der Waals surface area contributed by atoms with E-state index in [0.29, 0.717) is 6.04 Å². The molecule has 0 saturated carbocycles. The van der Waals surface area contributed by atoms with Crippen LogP contribution in [0.1, 0.15) is 45.0 Å². The minimum Gasteiger partial charge on any atom is -0.315 e. The maximum atomic E-state index is 4.57. The summed E-state index contributed by atoms with van der Waals surface area (Å²) in [4.78, 5) is 2.63. The first kappa shape index (κ1) is 15.5. The average molecular weight is 278 g/mol. The van der Waals surface area contributed by atoms with Crippen molar-refractivity contribution in [2.24, 2.45) is 0 Å². The molecule has 2 heterocycles. The fourth-order valence-corrected chi connectivity index (χ4v) is 3.47. The first-order chi connectivity index (χ1) is 9.48. The lowest BCUT2D eigenvalue weighted by molar-refractivity contribution is 0.109. The van der Waals surface area contributed by atoms with Gasteiger partial charge in [0.05, 0.1) is 5.69 Å². The molecule has 1 fully saturated rings.